The number of nitrogens with zero attached hydrogens (tertiary/aromatic N) is 4. The first-order valence-corrected chi connectivity index (χ1v) is 11.2. The van der Waals surface area contributed by atoms with Gasteiger partial charge in [-0.25, -0.2) is 4.98 Å². The Labute approximate surface area is 179 Å². The number of para-hydroxylation sites is 1. The molecule has 2 aromatic carbocycles. The maximum Gasteiger partial charge on any atom is 0.207 e. The fraction of sp³-hybridized carbons (Fsp3) is 0.318. The number of aryl methyl sites for hydroxylation is 2. The van der Waals surface area contributed by atoms with Crippen molar-refractivity contribution in [3.05, 3.63) is 69.7 Å². The van der Waals surface area contributed by atoms with Crippen molar-refractivity contribution in [2.24, 2.45) is 0 Å². The number of quaternary nitrogens is 1. The van der Waals surface area contributed by atoms with Crippen molar-refractivity contribution in [3.8, 4) is 5.69 Å². The largest absolute Gasteiger partial charge is 0.308 e. The molecule has 7 heteroatoms. The van der Waals surface area contributed by atoms with Crippen LogP contribution >= 0.6 is 23.6 Å². The molecule has 3 heterocycles. The molecule has 0 saturated carbocycles. The molecule has 29 heavy (non-hydrogen) atoms. The van der Waals surface area contributed by atoms with Crippen LogP contribution in [-0.4, -0.2) is 25.9 Å². The number of aromatic nitrogens is 4. The highest BCUT2D eigenvalue weighted by atomic mass is 32.1. The number of likely N-dealkylation sites (tertiary alicyclic amines) is 1. The summed E-state index contributed by atoms with van der Waals surface area (Å²) in [5.74, 6) is 0. The van der Waals surface area contributed by atoms with Crippen LogP contribution in [0.4, 0.5) is 0 Å². The van der Waals surface area contributed by atoms with E-state index in [9.17, 15) is 0 Å². The van der Waals surface area contributed by atoms with Crippen molar-refractivity contribution in [3.63, 3.8) is 0 Å². The van der Waals surface area contributed by atoms with E-state index < -0.39 is 0 Å². The summed E-state index contributed by atoms with van der Waals surface area (Å²) >= 11 is 7.60. The molecule has 1 fully saturated rings. The number of thiazole rings is 1. The van der Waals surface area contributed by atoms with Gasteiger partial charge < -0.3 is 4.90 Å². The van der Waals surface area contributed by atoms with E-state index in [2.05, 4.69) is 61.4 Å². The van der Waals surface area contributed by atoms with Crippen LogP contribution in [0, 0.1) is 18.6 Å². The van der Waals surface area contributed by atoms with Crippen LogP contribution < -0.4 is 4.90 Å². The lowest BCUT2D eigenvalue weighted by molar-refractivity contribution is -0.941. The minimum absolute atomic E-state index is 0.417. The Morgan fingerprint density at radius 1 is 1.21 bits per heavy atom. The van der Waals surface area contributed by atoms with Gasteiger partial charge in [0.05, 0.1) is 22.4 Å². The molecule has 0 bridgehead atoms. The first-order chi connectivity index (χ1) is 14.1. The van der Waals surface area contributed by atoms with Crippen molar-refractivity contribution < 1.29 is 4.90 Å². The molecule has 1 saturated heterocycles. The van der Waals surface area contributed by atoms with Gasteiger partial charge >= 0.3 is 0 Å². The topological polar surface area (TPSA) is 40.1 Å². The molecule has 2 atom stereocenters. The first-order valence-electron chi connectivity index (χ1n) is 10.0. The lowest BCUT2D eigenvalue weighted by atomic mass is 10.1. The summed E-state index contributed by atoms with van der Waals surface area (Å²) in [6, 6.07) is 15.3. The smallest absolute Gasteiger partial charge is 0.207 e. The third-order valence-electron chi connectivity index (χ3n) is 5.79. The summed E-state index contributed by atoms with van der Waals surface area (Å²) in [5, 5.41) is 5.86. The predicted molar refractivity (Wildman–Crippen MR) is 119 cm³/mol. The highest BCUT2D eigenvalue weighted by molar-refractivity contribution is 7.71. The van der Waals surface area contributed by atoms with Gasteiger partial charge in [-0.1, -0.05) is 29.8 Å². The molecule has 2 aromatic heterocycles. The molecule has 1 aliphatic heterocycles. The van der Waals surface area contributed by atoms with E-state index in [1.807, 2.05) is 26.9 Å². The van der Waals surface area contributed by atoms with E-state index in [1.54, 1.807) is 0 Å². The van der Waals surface area contributed by atoms with Gasteiger partial charge in [0.2, 0.25) is 4.77 Å². The number of nitrogens with one attached hydrogen (secondary N) is 1. The maximum atomic E-state index is 5.78. The summed E-state index contributed by atoms with van der Waals surface area (Å²) < 4.78 is 6.01. The van der Waals surface area contributed by atoms with Gasteiger partial charge in [0.25, 0.3) is 0 Å². The van der Waals surface area contributed by atoms with Gasteiger partial charge in [-0.15, -0.1) is 11.3 Å². The lowest BCUT2D eigenvalue weighted by Gasteiger charge is -2.19. The fourth-order valence-corrected chi connectivity index (χ4v) is 5.74. The van der Waals surface area contributed by atoms with Gasteiger partial charge in [-0.2, -0.15) is 9.78 Å². The van der Waals surface area contributed by atoms with Gasteiger partial charge in [-0.05, 0) is 49.8 Å². The molecule has 0 spiro atoms. The predicted octanol–water partition coefficient (Wildman–Crippen LogP) is 4.01. The van der Waals surface area contributed by atoms with Gasteiger partial charge in [0.15, 0.2) is 11.7 Å². The minimum atomic E-state index is 0.417. The summed E-state index contributed by atoms with van der Waals surface area (Å²) in [7, 11) is 0. The second-order valence-corrected chi connectivity index (χ2v) is 9.28. The van der Waals surface area contributed by atoms with Gasteiger partial charge in [0, 0.05) is 12.8 Å². The van der Waals surface area contributed by atoms with Crippen molar-refractivity contribution in [2.45, 2.75) is 39.4 Å². The average Bonchev–Trinajstić information content (AvgIpc) is 3.41. The SMILES string of the molecule is Cc1ccc(-n2cnn(C[NH+]3CCC[C@@H]3c3nc4ccccc4s3)c2=S)c(C)c1. The Morgan fingerprint density at radius 3 is 2.90 bits per heavy atom. The zero-order valence-electron chi connectivity index (χ0n) is 16.6. The van der Waals surface area contributed by atoms with Crippen LogP contribution in [-0.2, 0) is 6.67 Å². The average molecular weight is 423 g/mol. The van der Waals surface area contributed by atoms with Crippen LogP contribution in [0.25, 0.3) is 15.9 Å². The Balaban J connectivity index is 1.42. The summed E-state index contributed by atoms with van der Waals surface area (Å²) in [6.45, 7) is 6.13. The van der Waals surface area contributed by atoms with Crippen molar-refractivity contribution in [2.75, 3.05) is 6.54 Å². The molecule has 1 N–H and O–H groups in total. The van der Waals surface area contributed by atoms with Crippen LogP contribution in [0.3, 0.4) is 0 Å². The Morgan fingerprint density at radius 2 is 2.07 bits per heavy atom. The third kappa shape index (κ3) is 3.43. The Bertz CT molecular complexity index is 1200. The number of fused-ring (bicyclic) bond motifs is 1. The fourth-order valence-electron chi connectivity index (χ4n) is 4.32. The van der Waals surface area contributed by atoms with Crippen LogP contribution in [0.5, 0.6) is 0 Å². The van der Waals surface area contributed by atoms with E-state index in [-0.39, 0.29) is 0 Å². The van der Waals surface area contributed by atoms with Gasteiger partial charge in [0.1, 0.15) is 12.4 Å². The molecule has 5 nitrogen and oxygen atoms in total. The van der Waals surface area contributed by atoms with E-state index in [1.165, 1.54) is 38.6 Å². The molecular formula is C22H24N5S2+. The first kappa shape index (κ1) is 18.7. The molecule has 1 unspecified atom stereocenters. The second-order valence-electron chi connectivity index (χ2n) is 7.85. The molecular weight excluding hydrogens is 398 g/mol. The standard InChI is InChI=1S/C22H23N5S2/c1-15-9-10-18(16(2)12-15)26-13-23-27(22(26)28)14-25-11-5-7-19(25)21-24-17-6-3-4-8-20(17)29-21/h3-4,6,8-10,12-13,19H,5,7,11,14H2,1-2H3/p+1/t19-/m1/s1. The zero-order valence-corrected chi connectivity index (χ0v) is 18.3. The van der Waals surface area contributed by atoms with E-state index in [0.29, 0.717) is 6.04 Å². The zero-order chi connectivity index (χ0) is 20.0. The summed E-state index contributed by atoms with van der Waals surface area (Å²) in [4.78, 5) is 6.41. The minimum Gasteiger partial charge on any atom is -0.308 e. The highest BCUT2D eigenvalue weighted by Crippen LogP contribution is 2.28. The molecule has 0 aliphatic carbocycles. The summed E-state index contributed by atoms with van der Waals surface area (Å²) in [5.41, 5.74) is 4.67. The number of benzene rings is 2. The number of hydrogen-bond acceptors (Lipinski definition) is 4. The Hall–Kier alpha value is -2.35. The van der Waals surface area contributed by atoms with Crippen LogP contribution in [0.2, 0.25) is 0 Å². The molecule has 148 valence electrons. The molecule has 5 rings (SSSR count). The number of hydrogen-bond donors (Lipinski definition) is 1. The van der Waals surface area contributed by atoms with E-state index in [0.717, 1.165) is 29.2 Å². The third-order valence-corrected chi connectivity index (χ3v) is 7.35. The molecule has 0 amide bonds. The van der Waals surface area contributed by atoms with Crippen molar-refractivity contribution in [1.29, 1.82) is 0 Å². The molecule has 1 aliphatic rings. The van der Waals surface area contributed by atoms with E-state index in [4.69, 9.17) is 17.2 Å². The summed E-state index contributed by atoms with van der Waals surface area (Å²) in [6.07, 6.45) is 4.23. The van der Waals surface area contributed by atoms with Crippen LogP contribution in [0.15, 0.2) is 48.8 Å². The van der Waals surface area contributed by atoms with E-state index >= 15 is 0 Å². The van der Waals surface area contributed by atoms with Crippen molar-refractivity contribution in [1.82, 2.24) is 19.3 Å². The second kappa shape index (κ2) is 7.48. The Kier molecular flexibility index (Phi) is 4.81. The van der Waals surface area contributed by atoms with Gasteiger partial charge in [-0.3, -0.25) is 4.57 Å². The highest BCUT2D eigenvalue weighted by Gasteiger charge is 2.33. The number of rotatable bonds is 4. The van der Waals surface area contributed by atoms with Crippen molar-refractivity contribution >= 4 is 33.8 Å². The van der Waals surface area contributed by atoms with Crippen LogP contribution in [0.1, 0.15) is 35.0 Å². The molecule has 4 aromatic rings. The monoisotopic (exact) mass is 422 g/mol. The maximum absolute atomic E-state index is 5.78. The normalized spacial score (nSPS) is 19.2. The lowest BCUT2D eigenvalue weighted by Crippen LogP contribution is -3.09. The quantitative estimate of drug-likeness (QED) is 0.505. The molecule has 0 radical (unpaired) electrons.